The third-order valence-corrected chi connectivity index (χ3v) is 3.69. The molecule has 1 aliphatic heterocycles. The molecule has 0 aromatic heterocycles. The van der Waals surface area contributed by atoms with Gasteiger partial charge in [-0.15, -0.1) is 0 Å². The fourth-order valence-corrected chi connectivity index (χ4v) is 2.53. The van der Waals surface area contributed by atoms with Crippen LogP contribution in [-0.4, -0.2) is 25.8 Å². The lowest BCUT2D eigenvalue weighted by atomic mass is 10.2. The minimum absolute atomic E-state index is 0.152. The van der Waals surface area contributed by atoms with Gasteiger partial charge < -0.3 is 15.4 Å². The van der Waals surface area contributed by atoms with E-state index in [2.05, 4.69) is 4.90 Å². The molecule has 1 heterocycles. The number of nitrogens with zero attached hydrogens (tertiary/aromatic N) is 1. The van der Waals surface area contributed by atoms with E-state index in [1.807, 2.05) is 29.5 Å². The van der Waals surface area contributed by atoms with Crippen LogP contribution in [0.1, 0.15) is 13.3 Å². The van der Waals surface area contributed by atoms with Crippen LogP contribution in [-0.2, 0) is 4.74 Å². The molecule has 1 aromatic rings. The molecular weight excluding hydrogens is 334 g/mol. The smallest absolute Gasteiger partial charge is 0.138 e. The van der Waals surface area contributed by atoms with Crippen molar-refractivity contribution < 1.29 is 9.13 Å². The maximum atomic E-state index is 13.6. The molecule has 0 aliphatic carbocycles. The number of nitrogens with two attached hydrogens (primary N) is 1. The van der Waals surface area contributed by atoms with Crippen LogP contribution >= 0.6 is 22.6 Å². The Morgan fingerprint density at radius 1 is 1.53 bits per heavy atom. The van der Waals surface area contributed by atoms with Crippen molar-refractivity contribution in [3.63, 3.8) is 0 Å². The topological polar surface area (TPSA) is 38.5 Å². The molecule has 0 saturated carbocycles. The van der Waals surface area contributed by atoms with Crippen molar-refractivity contribution in [3.05, 3.63) is 21.5 Å². The molecule has 2 N–H and O–H groups in total. The molecule has 3 nitrogen and oxygen atoms in total. The van der Waals surface area contributed by atoms with E-state index in [0.29, 0.717) is 9.26 Å². The Bertz CT molecular complexity index is 414. The molecule has 0 amide bonds. The van der Waals surface area contributed by atoms with Crippen LogP contribution in [0.4, 0.5) is 15.8 Å². The maximum Gasteiger partial charge on any atom is 0.138 e. The first kappa shape index (κ1) is 12.9. The number of hydrogen-bond donors (Lipinski definition) is 1. The van der Waals surface area contributed by atoms with Crippen molar-refractivity contribution in [1.29, 1.82) is 0 Å². The molecular formula is C12H16FIN2O. The van der Waals surface area contributed by atoms with Crippen LogP contribution in [0.2, 0.25) is 0 Å². The Hall–Kier alpha value is -0.560. The number of hydrogen-bond acceptors (Lipinski definition) is 3. The van der Waals surface area contributed by atoms with Crippen LogP contribution in [0.15, 0.2) is 12.1 Å². The summed E-state index contributed by atoms with van der Waals surface area (Å²) >= 11 is 1.95. The lowest BCUT2D eigenvalue weighted by molar-refractivity contribution is 0.0821. The minimum atomic E-state index is -0.215. The SMILES string of the molecule is CC1CN(c2cc(F)c(I)cc2N)CCCO1. The van der Waals surface area contributed by atoms with E-state index in [1.54, 1.807) is 6.07 Å². The first-order valence-corrected chi connectivity index (χ1v) is 6.77. The van der Waals surface area contributed by atoms with Crippen LogP contribution in [0.25, 0.3) is 0 Å². The normalized spacial score (nSPS) is 21.4. The van der Waals surface area contributed by atoms with Crippen molar-refractivity contribution >= 4 is 34.0 Å². The Balaban J connectivity index is 2.28. The third-order valence-electron chi connectivity index (χ3n) is 2.86. The summed E-state index contributed by atoms with van der Waals surface area (Å²) in [6.45, 7) is 4.39. The van der Waals surface area contributed by atoms with Gasteiger partial charge in [0.15, 0.2) is 0 Å². The molecule has 1 fully saturated rings. The highest BCUT2D eigenvalue weighted by Gasteiger charge is 2.18. The van der Waals surface area contributed by atoms with E-state index in [1.165, 1.54) is 6.07 Å². The van der Waals surface area contributed by atoms with Crippen LogP contribution in [0.3, 0.4) is 0 Å². The number of benzene rings is 1. The van der Waals surface area contributed by atoms with Gasteiger partial charge in [0.05, 0.1) is 21.0 Å². The van der Waals surface area contributed by atoms with Gasteiger partial charge in [0.25, 0.3) is 0 Å². The Labute approximate surface area is 114 Å². The fraction of sp³-hybridized carbons (Fsp3) is 0.500. The fourth-order valence-electron chi connectivity index (χ4n) is 2.04. The first-order valence-electron chi connectivity index (χ1n) is 5.69. The second-order valence-electron chi connectivity index (χ2n) is 4.31. The lowest BCUT2D eigenvalue weighted by Gasteiger charge is -2.26. The number of halogens is 2. The predicted octanol–water partition coefficient (Wildman–Crippen LogP) is 2.63. The largest absolute Gasteiger partial charge is 0.397 e. The summed E-state index contributed by atoms with van der Waals surface area (Å²) in [5, 5.41) is 0. The molecule has 1 aliphatic rings. The molecule has 17 heavy (non-hydrogen) atoms. The van der Waals surface area contributed by atoms with Gasteiger partial charge in [-0.3, -0.25) is 0 Å². The quantitative estimate of drug-likeness (QED) is 0.625. The summed E-state index contributed by atoms with van der Waals surface area (Å²) in [7, 11) is 0. The van der Waals surface area contributed by atoms with Gasteiger partial charge in [0, 0.05) is 25.8 Å². The van der Waals surface area contributed by atoms with Gasteiger partial charge >= 0.3 is 0 Å². The van der Waals surface area contributed by atoms with Gasteiger partial charge in [-0.1, -0.05) is 0 Å². The van der Waals surface area contributed by atoms with Gasteiger partial charge in [-0.2, -0.15) is 0 Å². The van der Waals surface area contributed by atoms with Gasteiger partial charge in [-0.25, -0.2) is 4.39 Å². The number of rotatable bonds is 1. The Morgan fingerprint density at radius 2 is 2.29 bits per heavy atom. The van der Waals surface area contributed by atoms with E-state index < -0.39 is 0 Å². The van der Waals surface area contributed by atoms with Crippen LogP contribution < -0.4 is 10.6 Å². The number of nitrogen functional groups attached to an aromatic ring is 1. The van der Waals surface area contributed by atoms with Gasteiger partial charge in [-0.05, 0) is 42.0 Å². The van der Waals surface area contributed by atoms with E-state index in [0.717, 1.165) is 31.8 Å². The number of ether oxygens (including phenoxy) is 1. The van der Waals surface area contributed by atoms with Gasteiger partial charge in [0.2, 0.25) is 0 Å². The van der Waals surface area contributed by atoms with Crippen molar-refractivity contribution in [2.45, 2.75) is 19.4 Å². The molecule has 1 unspecified atom stereocenters. The molecule has 0 radical (unpaired) electrons. The molecule has 2 rings (SSSR count). The van der Waals surface area contributed by atoms with Crippen molar-refractivity contribution in [2.75, 3.05) is 30.3 Å². The first-order chi connectivity index (χ1) is 8.08. The van der Waals surface area contributed by atoms with Gasteiger partial charge in [0.1, 0.15) is 5.82 Å². The molecule has 1 saturated heterocycles. The highest BCUT2D eigenvalue weighted by Crippen LogP contribution is 2.28. The van der Waals surface area contributed by atoms with E-state index in [4.69, 9.17) is 10.5 Å². The highest BCUT2D eigenvalue weighted by atomic mass is 127. The molecule has 0 bridgehead atoms. The molecule has 0 spiro atoms. The second-order valence-corrected chi connectivity index (χ2v) is 5.47. The Morgan fingerprint density at radius 3 is 3.06 bits per heavy atom. The average Bonchev–Trinajstić information content (AvgIpc) is 2.48. The lowest BCUT2D eigenvalue weighted by Crippen LogP contribution is -2.30. The monoisotopic (exact) mass is 350 g/mol. The zero-order valence-electron chi connectivity index (χ0n) is 9.75. The summed E-state index contributed by atoms with van der Waals surface area (Å²) in [4.78, 5) is 2.10. The summed E-state index contributed by atoms with van der Waals surface area (Å²) in [6.07, 6.45) is 1.09. The average molecular weight is 350 g/mol. The maximum absolute atomic E-state index is 13.6. The molecule has 5 heteroatoms. The Kier molecular flexibility index (Phi) is 4.09. The zero-order chi connectivity index (χ0) is 12.4. The summed E-state index contributed by atoms with van der Waals surface area (Å²) in [5.74, 6) is -0.215. The van der Waals surface area contributed by atoms with E-state index in [9.17, 15) is 4.39 Å². The van der Waals surface area contributed by atoms with Crippen LogP contribution in [0, 0.1) is 9.39 Å². The highest BCUT2D eigenvalue weighted by molar-refractivity contribution is 14.1. The second kappa shape index (κ2) is 5.39. The minimum Gasteiger partial charge on any atom is -0.397 e. The summed E-state index contributed by atoms with van der Waals surface area (Å²) in [6, 6.07) is 3.21. The van der Waals surface area contributed by atoms with E-state index in [-0.39, 0.29) is 11.9 Å². The van der Waals surface area contributed by atoms with Crippen LogP contribution in [0.5, 0.6) is 0 Å². The molecule has 1 atom stereocenters. The molecule has 94 valence electrons. The van der Waals surface area contributed by atoms with Crippen molar-refractivity contribution in [3.8, 4) is 0 Å². The standard InChI is InChI=1S/C12H16FIN2O/c1-8-7-16(3-2-4-17-8)12-5-9(13)10(14)6-11(12)15/h5-6,8H,2-4,7,15H2,1H3. The van der Waals surface area contributed by atoms with Crippen molar-refractivity contribution in [1.82, 2.24) is 0 Å². The third kappa shape index (κ3) is 3.01. The predicted molar refractivity (Wildman–Crippen MR) is 75.8 cm³/mol. The number of anilines is 2. The molecule has 1 aromatic carbocycles. The zero-order valence-corrected chi connectivity index (χ0v) is 11.9. The summed E-state index contributed by atoms with van der Waals surface area (Å²) in [5.41, 5.74) is 7.37. The van der Waals surface area contributed by atoms with Crippen molar-refractivity contribution in [2.24, 2.45) is 0 Å². The summed E-state index contributed by atoms with van der Waals surface area (Å²) < 4.78 is 19.7. The van der Waals surface area contributed by atoms with E-state index >= 15 is 0 Å².